The first-order chi connectivity index (χ1) is 12.8. The molecule has 1 N–H and O–H groups in total. The zero-order chi connectivity index (χ0) is 19.9. The van der Waals surface area contributed by atoms with E-state index in [-0.39, 0.29) is 6.42 Å². The molecule has 0 unspecified atom stereocenters. The second-order valence-electron chi connectivity index (χ2n) is 7.35. The third kappa shape index (κ3) is 5.33. The molecule has 0 saturated heterocycles. The lowest BCUT2D eigenvalue weighted by Gasteiger charge is -2.31. The van der Waals surface area contributed by atoms with Crippen LogP contribution in [0.2, 0.25) is 0 Å². The van der Waals surface area contributed by atoms with E-state index in [9.17, 15) is 15.3 Å². The molecule has 5 heteroatoms. The van der Waals surface area contributed by atoms with Crippen LogP contribution in [0.1, 0.15) is 37.9 Å². The van der Waals surface area contributed by atoms with Crippen LogP contribution in [0.25, 0.3) is 0 Å². The van der Waals surface area contributed by atoms with Crippen molar-refractivity contribution in [2.24, 2.45) is 5.41 Å². The minimum Gasteiger partial charge on any atom is -0.444 e. The lowest BCUT2D eigenvalue weighted by molar-refractivity contribution is 0.0479. The first kappa shape index (κ1) is 20.0. The summed E-state index contributed by atoms with van der Waals surface area (Å²) in [4.78, 5) is 12.4. The van der Waals surface area contributed by atoms with Crippen LogP contribution in [-0.4, -0.2) is 11.7 Å². The Bertz CT molecular complexity index is 829. The summed E-state index contributed by atoms with van der Waals surface area (Å²) in [7, 11) is 0. The predicted molar refractivity (Wildman–Crippen MR) is 102 cm³/mol. The molecular formula is C22H23N3O2. The minimum absolute atomic E-state index is 0.177. The molecule has 0 radical (unpaired) electrons. The Kier molecular flexibility index (Phi) is 6.21. The van der Waals surface area contributed by atoms with E-state index in [1.165, 1.54) is 0 Å². The Morgan fingerprint density at radius 3 is 2.00 bits per heavy atom. The second kappa shape index (κ2) is 8.38. The van der Waals surface area contributed by atoms with Crippen molar-refractivity contribution in [1.82, 2.24) is 5.32 Å². The number of nitriles is 2. The van der Waals surface area contributed by atoms with Gasteiger partial charge in [0.1, 0.15) is 5.60 Å². The van der Waals surface area contributed by atoms with Gasteiger partial charge in [-0.15, -0.1) is 0 Å². The van der Waals surface area contributed by atoms with E-state index < -0.39 is 23.2 Å². The van der Waals surface area contributed by atoms with Crippen molar-refractivity contribution in [2.75, 3.05) is 0 Å². The first-order valence-electron chi connectivity index (χ1n) is 8.70. The van der Waals surface area contributed by atoms with Gasteiger partial charge in [0.15, 0.2) is 5.41 Å². The van der Waals surface area contributed by atoms with Crippen LogP contribution in [0.4, 0.5) is 4.79 Å². The Morgan fingerprint density at radius 1 is 1.00 bits per heavy atom. The summed E-state index contributed by atoms with van der Waals surface area (Å²) >= 11 is 0. The molecule has 0 spiro atoms. The third-order valence-electron chi connectivity index (χ3n) is 4.01. The Hall–Kier alpha value is -3.31. The second-order valence-corrected chi connectivity index (χ2v) is 7.35. The number of benzene rings is 2. The number of nitrogens with zero attached hydrogens (tertiary/aromatic N) is 2. The van der Waals surface area contributed by atoms with Crippen LogP contribution in [-0.2, 0) is 11.2 Å². The number of hydrogen-bond donors (Lipinski definition) is 1. The van der Waals surface area contributed by atoms with Gasteiger partial charge in [0.25, 0.3) is 0 Å². The molecule has 0 aromatic heterocycles. The summed E-state index contributed by atoms with van der Waals surface area (Å²) in [5.41, 5.74) is -0.665. The number of nitrogens with one attached hydrogen (secondary N) is 1. The maximum Gasteiger partial charge on any atom is 0.408 e. The van der Waals surface area contributed by atoms with Gasteiger partial charge in [-0.3, -0.25) is 0 Å². The van der Waals surface area contributed by atoms with Crippen molar-refractivity contribution in [3.05, 3.63) is 71.8 Å². The quantitative estimate of drug-likeness (QED) is 0.848. The normalized spacial score (nSPS) is 12.3. The number of alkyl carbamates (subject to hydrolysis) is 1. The smallest absolute Gasteiger partial charge is 0.408 e. The molecule has 5 nitrogen and oxygen atoms in total. The SMILES string of the molecule is CC(C)(C)OC(=O)N[C@H](c1ccccc1)C(C#N)(C#N)Cc1ccccc1. The van der Waals surface area contributed by atoms with Crippen LogP contribution in [0.15, 0.2) is 60.7 Å². The van der Waals surface area contributed by atoms with Gasteiger partial charge >= 0.3 is 6.09 Å². The maximum absolute atomic E-state index is 12.4. The highest BCUT2D eigenvalue weighted by atomic mass is 16.6. The summed E-state index contributed by atoms with van der Waals surface area (Å²) in [5, 5.41) is 22.6. The highest BCUT2D eigenvalue weighted by Crippen LogP contribution is 2.37. The molecule has 0 fully saturated rings. The van der Waals surface area contributed by atoms with Crippen molar-refractivity contribution in [3.8, 4) is 12.1 Å². The van der Waals surface area contributed by atoms with Gasteiger partial charge in [0.05, 0.1) is 18.2 Å². The predicted octanol–water partition coefficient (Wildman–Crippen LogP) is 4.53. The van der Waals surface area contributed by atoms with Crippen LogP contribution in [0.3, 0.4) is 0 Å². The summed E-state index contributed by atoms with van der Waals surface area (Å²) in [6.45, 7) is 5.28. The molecule has 2 rings (SSSR count). The van der Waals surface area contributed by atoms with E-state index in [2.05, 4.69) is 17.5 Å². The third-order valence-corrected chi connectivity index (χ3v) is 4.01. The van der Waals surface area contributed by atoms with Crippen LogP contribution in [0.5, 0.6) is 0 Å². The molecule has 0 saturated carbocycles. The van der Waals surface area contributed by atoms with Crippen LogP contribution >= 0.6 is 0 Å². The average Bonchev–Trinajstić information content (AvgIpc) is 2.65. The van der Waals surface area contributed by atoms with E-state index in [0.717, 1.165) is 5.56 Å². The zero-order valence-corrected chi connectivity index (χ0v) is 15.8. The minimum atomic E-state index is -1.49. The van der Waals surface area contributed by atoms with Gasteiger partial charge in [-0.2, -0.15) is 10.5 Å². The molecule has 2 aromatic rings. The van der Waals surface area contributed by atoms with Gasteiger partial charge in [-0.25, -0.2) is 4.79 Å². The topological polar surface area (TPSA) is 85.9 Å². The molecule has 27 heavy (non-hydrogen) atoms. The van der Waals surface area contributed by atoms with E-state index in [1.807, 2.05) is 36.4 Å². The van der Waals surface area contributed by atoms with Crippen molar-refractivity contribution < 1.29 is 9.53 Å². The van der Waals surface area contributed by atoms with E-state index in [0.29, 0.717) is 5.56 Å². The highest BCUT2D eigenvalue weighted by Gasteiger charge is 2.42. The van der Waals surface area contributed by atoms with Crippen LogP contribution in [0, 0.1) is 28.1 Å². The van der Waals surface area contributed by atoms with Crippen molar-refractivity contribution in [2.45, 2.75) is 38.8 Å². The van der Waals surface area contributed by atoms with Gasteiger partial charge in [-0.1, -0.05) is 60.7 Å². The Labute approximate surface area is 160 Å². The fraction of sp³-hybridized carbons (Fsp3) is 0.318. The molecule has 2 aromatic carbocycles. The largest absolute Gasteiger partial charge is 0.444 e. The van der Waals surface area contributed by atoms with Crippen molar-refractivity contribution in [1.29, 1.82) is 10.5 Å². The molecule has 0 heterocycles. The number of ether oxygens (including phenoxy) is 1. The fourth-order valence-corrected chi connectivity index (χ4v) is 2.82. The Balaban J connectivity index is 2.44. The summed E-state index contributed by atoms with van der Waals surface area (Å²) in [6, 6.07) is 21.8. The average molecular weight is 361 g/mol. The van der Waals surface area contributed by atoms with Crippen LogP contribution < -0.4 is 5.32 Å². The number of hydrogen-bond acceptors (Lipinski definition) is 4. The monoisotopic (exact) mass is 361 g/mol. The maximum atomic E-state index is 12.4. The Morgan fingerprint density at radius 2 is 1.52 bits per heavy atom. The number of rotatable bonds is 5. The molecule has 0 aliphatic carbocycles. The molecule has 138 valence electrons. The first-order valence-corrected chi connectivity index (χ1v) is 8.70. The van der Waals surface area contributed by atoms with E-state index >= 15 is 0 Å². The summed E-state index contributed by atoms with van der Waals surface area (Å²) in [6.07, 6.45) is -0.491. The standard InChI is InChI=1S/C22H23N3O2/c1-21(2,3)27-20(26)25-19(18-12-8-5-9-13-18)22(15-23,16-24)14-17-10-6-4-7-11-17/h4-13,19H,14H2,1-3H3,(H,25,26)/t19-/m1/s1. The number of carbonyl (C=O) groups is 1. The molecule has 0 aliphatic rings. The van der Waals surface area contributed by atoms with Gasteiger partial charge in [0, 0.05) is 6.42 Å². The molecule has 1 amide bonds. The molecule has 0 bridgehead atoms. The fourth-order valence-electron chi connectivity index (χ4n) is 2.82. The molecule has 1 atom stereocenters. The zero-order valence-electron chi connectivity index (χ0n) is 15.8. The summed E-state index contributed by atoms with van der Waals surface area (Å²) < 4.78 is 5.36. The lowest BCUT2D eigenvalue weighted by atomic mass is 9.75. The van der Waals surface area contributed by atoms with Crippen molar-refractivity contribution in [3.63, 3.8) is 0 Å². The van der Waals surface area contributed by atoms with E-state index in [1.54, 1.807) is 45.0 Å². The van der Waals surface area contributed by atoms with E-state index in [4.69, 9.17) is 4.74 Å². The highest BCUT2D eigenvalue weighted by molar-refractivity contribution is 5.69. The summed E-state index contributed by atoms with van der Waals surface area (Å²) in [5.74, 6) is 0. The number of amides is 1. The lowest BCUT2D eigenvalue weighted by Crippen LogP contribution is -2.43. The molecular weight excluding hydrogens is 338 g/mol. The van der Waals surface area contributed by atoms with Gasteiger partial charge in [-0.05, 0) is 31.9 Å². The van der Waals surface area contributed by atoms with Crippen molar-refractivity contribution >= 4 is 6.09 Å². The van der Waals surface area contributed by atoms with Gasteiger partial charge < -0.3 is 10.1 Å². The number of carbonyl (C=O) groups excluding carboxylic acids is 1. The molecule has 0 aliphatic heterocycles. The van der Waals surface area contributed by atoms with Gasteiger partial charge in [0.2, 0.25) is 0 Å².